The van der Waals surface area contributed by atoms with Crippen LogP contribution in [0.3, 0.4) is 0 Å². The van der Waals surface area contributed by atoms with Crippen LogP contribution >= 0.6 is 15.9 Å². The molecule has 0 bridgehead atoms. The highest BCUT2D eigenvalue weighted by molar-refractivity contribution is 9.10. The van der Waals surface area contributed by atoms with E-state index in [1.54, 1.807) is 36.4 Å². The van der Waals surface area contributed by atoms with Gasteiger partial charge in [-0.1, -0.05) is 28.1 Å². The average Bonchev–Trinajstić information content (AvgIpc) is 2.75. The van der Waals surface area contributed by atoms with Gasteiger partial charge in [0.25, 0.3) is 15.7 Å². The zero-order valence-electron chi connectivity index (χ0n) is 15.7. The average molecular weight is 500 g/mol. The number of benzene rings is 3. The van der Waals surface area contributed by atoms with Crippen LogP contribution in [0.25, 0.3) is 11.0 Å². The third-order valence-corrected chi connectivity index (χ3v) is 6.15. The van der Waals surface area contributed by atoms with E-state index in [9.17, 15) is 18.5 Å². The van der Waals surface area contributed by atoms with E-state index >= 15 is 0 Å². The van der Waals surface area contributed by atoms with Crippen molar-refractivity contribution in [1.29, 1.82) is 0 Å². The molecule has 156 valence electrons. The topological polar surface area (TPSA) is 127 Å². The molecule has 0 aliphatic heterocycles. The molecule has 0 unspecified atom stereocenters. The van der Waals surface area contributed by atoms with Gasteiger partial charge < -0.3 is 5.32 Å². The number of nitro benzene ring substituents is 1. The first-order valence-corrected chi connectivity index (χ1v) is 11.2. The van der Waals surface area contributed by atoms with Crippen molar-refractivity contribution in [3.05, 3.63) is 87.4 Å². The number of aromatic nitrogens is 2. The largest absolute Gasteiger partial charge is 0.337 e. The van der Waals surface area contributed by atoms with E-state index in [-0.39, 0.29) is 22.2 Å². The van der Waals surface area contributed by atoms with Gasteiger partial charge in [-0.15, -0.1) is 0 Å². The van der Waals surface area contributed by atoms with Crippen LogP contribution in [0.1, 0.15) is 0 Å². The smallest absolute Gasteiger partial charge is 0.269 e. The second-order valence-corrected chi connectivity index (χ2v) is 9.00. The number of nitrogens with one attached hydrogen (secondary N) is 2. The van der Waals surface area contributed by atoms with Gasteiger partial charge in [0.15, 0.2) is 11.6 Å². The van der Waals surface area contributed by atoms with Crippen LogP contribution in [0.2, 0.25) is 0 Å². The molecule has 0 atom stereocenters. The second-order valence-electron chi connectivity index (χ2n) is 6.40. The minimum atomic E-state index is -4.07. The normalized spacial score (nSPS) is 11.3. The Morgan fingerprint density at radius 2 is 1.42 bits per heavy atom. The second kappa shape index (κ2) is 8.28. The highest BCUT2D eigenvalue weighted by atomic mass is 79.9. The van der Waals surface area contributed by atoms with Crippen LogP contribution in [0.5, 0.6) is 0 Å². The number of sulfonamides is 1. The Morgan fingerprint density at radius 3 is 2.00 bits per heavy atom. The Labute approximate surface area is 185 Å². The van der Waals surface area contributed by atoms with Crippen molar-refractivity contribution < 1.29 is 13.3 Å². The van der Waals surface area contributed by atoms with E-state index in [0.717, 1.165) is 28.7 Å². The van der Waals surface area contributed by atoms with Crippen LogP contribution in [-0.2, 0) is 10.0 Å². The van der Waals surface area contributed by atoms with Crippen molar-refractivity contribution in [3.63, 3.8) is 0 Å². The van der Waals surface area contributed by atoms with E-state index in [0.29, 0.717) is 16.7 Å². The Bertz CT molecular complexity index is 1380. The maximum atomic E-state index is 12.9. The number of hydrogen-bond acceptors (Lipinski definition) is 7. The first-order valence-electron chi connectivity index (χ1n) is 8.88. The Kier molecular flexibility index (Phi) is 5.53. The summed E-state index contributed by atoms with van der Waals surface area (Å²) in [5.74, 6) is 0.214. The molecule has 0 aliphatic carbocycles. The maximum Gasteiger partial charge on any atom is 0.269 e. The van der Waals surface area contributed by atoms with Gasteiger partial charge in [0.1, 0.15) is 0 Å². The summed E-state index contributed by atoms with van der Waals surface area (Å²) in [6.45, 7) is 0. The van der Waals surface area contributed by atoms with Gasteiger partial charge in [-0.3, -0.25) is 14.8 Å². The Morgan fingerprint density at radius 1 is 0.839 bits per heavy atom. The van der Waals surface area contributed by atoms with Gasteiger partial charge in [-0.05, 0) is 48.5 Å². The van der Waals surface area contributed by atoms with Gasteiger partial charge in [0.05, 0.1) is 20.9 Å². The van der Waals surface area contributed by atoms with Gasteiger partial charge in [-0.2, -0.15) is 0 Å². The lowest BCUT2D eigenvalue weighted by Crippen LogP contribution is -2.16. The standard InChI is InChI=1S/C20H14BrN5O4S/c21-13-5-7-14(8-6-13)22-19-20(24-18-4-2-1-3-17(18)23-19)25-31(29,30)16-11-9-15(10-12-16)26(27)28/h1-12H,(H,22,23)(H,24,25). The molecule has 1 heterocycles. The molecule has 4 rings (SSSR count). The fourth-order valence-electron chi connectivity index (χ4n) is 2.76. The predicted octanol–water partition coefficient (Wildman–Crippen LogP) is 4.84. The van der Waals surface area contributed by atoms with Crippen LogP contribution in [-0.4, -0.2) is 23.3 Å². The molecule has 0 spiro atoms. The Hall–Kier alpha value is -3.57. The highest BCUT2D eigenvalue weighted by Gasteiger charge is 2.20. The van der Waals surface area contributed by atoms with E-state index in [2.05, 4.69) is 35.9 Å². The molecule has 1 aromatic heterocycles. The van der Waals surface area contributed by atoms with Crippen molar-refractivity contribution in [1.82, 2.24) is 9.97 Å². The summed E-state index contributed by atoms with van der Waals surface area (Å²) in [6, 6.07) is 18.9. The number of nitro groups is 1. The van der Waals surface area contributed by atoms with Gasteiger partial charge >= 0.3 is 0 Å². The molecule has 0 aliphatic rings. The van der Waals surface area contributed by atoms with E-state index in [4.69, 9.17) is 0 Å². The number of hydrogen-bond donors (Lipinski definition) is 2. The van der Waals surface area contributed by atoms with Gasteiger partial charge in [0.2, 0.25) is 0 Å². The summed E-state index contributed by atoms with van der Waals surface area (Å²) < 4.78 is 29.1. The fraction of sp³-hybridized carbons (Fsp3) is 0. The summed E-state index contributed by atoms with van der Waals surface area (Å²) in [7, 11) is -4.07. The molecular formula is C20H14BrN5O4S. The molecule has 0 saturated carbocycles. The number of halogens is 1. The summed E-state index contributed by atoms with van der Waals surface area (Å²) in [6.07, 6.45) is 0. The number of non-ortho nitro benzene ring substituents is 1. The molecule has 9 nitrogen and oxygen atoms in total. The minimum Gasteiger partial charge on any atom is -0.337 e. The maximum absolute atomic E-state index is 12.9. The molecule has 3 aromatic carbocycles. The van der Waals surface area contributed by atoms with E-state index in [1.807, 2.05) is 12.1 Å². The van der Waals surface area contributed by atoms with Crippen molar-refractivity contribution >= 4 is 60.0 Å². The fourth-order valence-corrected chi connectivity index (χ4v) is 4.03. The number of rotatable bonds is 6. The molecule has 0 amide bonds. The van der Waals surface area contributed by atoms with E-state index in [1.165, 1.54) is 0 Å². The number of anilines is 3. The predicted molar refractivity (Wildman–Crippen MR) is 121 cm³/mol. The number of fused-ring (bicyclic) bond motifs is 1. The molecule has 0 saturated heterocycles. The highest BCUT2D eigenvalue weighted by Crippen LogP contribution is 2.28. The summed E-state index contributed by atoms with van der Waals surface area (Å²) in [5.41, 5.74) is 1.57. The minimum absolute atomic E-state index is 0.0000264. The first kappa shape index (κ1) is 20.7. The quantitative estimate of drug-likeness (QED) is 0.286. The zero-order chi connectivity index (χ0) is 22.0. The lowest BCUT2D eigenvalue weighted by molar-refractivity contribution is -0.384. The van der Waals surface area contributed by atoms with E-state index < -0.39 is 14.9 Å². The molecule has 31 heavy (non-hydrogen) atoms. The Balaban J connectivity index is 1.74. The summed E-state index contributed by atoms with van der Waals surface area (Å²) in [4.78, 5) is 19.0. The van der Waals surface area contributed by atoms with Crippen LogP contribution in [0.4, 0.5) is 23.0 Å². The van der Waals surface area contributed by atoms with Gasteiger partial charge in [-0.25, -0.2) is 18.4 Å². The van der Waals surface area contributed by atoms with Gasteiger partial charge in [0, 0.05) is 22.3 Å². The van der Waals surface area contributed by atoms with Crippen LogP contribution in [0.15, 0.2) is 82.2 Å². The monoisotopic (exact) mass is 499 g/mol. The molecule has 2 N–H and O–H groups in total. The summed E-state index contributed by atoms with van der Waals surface area (Å²) >= 11 is 3.37. The third-order valence-electron chi connectivity index (χ3n) is 4.27. The van der Waals surface area contributed by atoms with Crippen molar-refractivity contribution in [3.8, 4) is 0 Å². The molecule has 0 radical (unpaired) electrons. The summed E-state index contributed by atoms with van der Waals surface area (Å²) in [5, 5.41) is 13.9. The van der Waals surface area contributed by atoms with Crippen LogP contribution < -0.4 is 10.0 Å². The third kappa shape index (κ3) is 4.62. The number of para-hydroxylation sites is 2. The SMILES string of the molecule is O=[N+]([O-])c1ccc(S(=O)(=O)Nc2nc3ccccc3nc2Nc2ccc(Br)cc2)cc1. The van der Waals surface area contributed by atoms with Crippen molar-refractivity contribution in [2.45, 2.75) is 4.90 Å². The molecular weight excluding hydrogens is 486 g/mol. The van der Waals surface area contributed by atoms with Crippen molar-refractivity contribution in [2.24, 2.45) is 0 Å². The molecule has 4 aromatic rings. The number of nitrogens with zero attached hydrogens (tertiary/aromatic N) is 3. The zero-order valence-corrected chi connectivity index (χ0v) is 18.1. The lowest BCUT2D eigenvalue weighted by Gasteiger charge is -2.14. The van der Waals surface area contributed by atoms with Crippen LogP contribution in [0, 0.1) is 10.1 Å². The lowest BCUT2D eigenvalue weighted by atomic mass is 10.3. The molecule has 11 heteroatoms. The molecule has 0 fully saturated rings. The van der Waals surface area contributed by atoms with Crippen molar-refractivity contribution in [2.75, 3.05) is 10.0 Å². The first-order chi connectivity index (χ1) is 14.8.